The summed E-state index contributed by atoms with van der Waals surface area (Å²) in [6, 6.07) is 12.1. The van der Waals surface area contributed by atoms with Crippen LogP contribution in [0.2, 0.25) is 0 Å². The van der Waals surface area contributed by atoms with Gasteiger partial charge in [0.05, 0.1) is 25.3 Å². The number of carbonyl (C=O) groups is 2. The van der Waals surface area contributed by atoms with Gasteiger partial charge in [-0.1, -0.05) is 36.4 Å². The Morgan fingerprint density at radius 1 is 1.10 bits per heavy atom. The third-order valence-electron chi connectivity index (χ3n) is 10.2. The number of piperazine rings is 1. The topological polar surface area (TPSA) is 134 Å². The summed E-state index contributed by atoms with van der Waals surface area (Å²) in [7, 11) is 3.53. The second-order valence-electron chi connectivity index (χ2n) is 12.8. The van der Waals surface area contributed by atoms with Gasteiger partial charge in [-0.3, -0.25) is 19.4 Å². The number of hydrogen-bond donors (Lipinski definition) is 2. The zero-order valence-corrected chi connectivity index (χ0v) is 27.6. The lowest BCUT2D eigenvalue weighted by Crippen LogP contribution is -2.68. The second kappa shape index (κ2) is 12.2. The van der Waals surface area contributed by atoms with Gasteiger partial charge in [-0.2, -0.15) is 5.26 Å². The fourth-order valence-corrected chi connectivity index (χ4v) is 8.30. The SMILES string of the molecule is COc1c(C)cc2c(c1O)[C@@H]1C3Cc4c(OC(C)=O)c(C)c5c(c4[C@H](CNC(=O)/C=C/c4ccccc4)N3[C@@H](C#N)[C@@H](C2)N1C)OCO5. The minimum Gasteiger partial charge on any atom is -0.504 e. The predicted molar refractivity (Wildman–Crippen MR) is 176 cm³/mol. The van der Waals surface area contributed by atoms with Gasteiger partial charge in [-0.05, 0) is 56.5 Å². The van der Waals surface area contributed by atoms with Crippen molar-refractivity contribution in [3.8, 4) is 34.8 Å². The van der Waals surface area contributed by atoms with Gasteiger partial charge in [-0.25, -0.2) is 0 Å². The van der Waals surface area contributed by atoms with Crippen LogP contribution in [0.1, 0.15) is 58.0 Å². The largest absolute Gasteiger partial charge is 0.504 e. The van der Waals surface area contributed by atoms with Crippen LogP contribution in [0.5, 0.6) is 28.7 Å². The number of nitrogens with one attached hydrogen (secondary N) is 1. The fourth-order valence-electron chi connectivity index (χ4n) is 8.30. The molecular formula is C37H38N4O7. The quantitative estimate of drug-likeness (QED) is 0.226. The third kappa shape index (κ3) is 4.95. The molecule has 4 heterocycles. The van der Waals surface area contributed by atoms with E-state index in [9.17, 15) is 20.0 Å². The number of rotatable bonds is 6. The summed E-state index contributed by atoms with van der Waals surface area (Å²) in [6.45, 7) is 5.22. The summed E-state index contributed by atoms with van der Waals surface area (Å²) in [4.78, 5) is 30.1. The molecule has 0 spiro atoms. The van der Waals surface area contributed by atoms with Crippen LogP contribution in [0.3, 0.4) is 0 Å². The number of carbonyl (C=O) groups excluding carboxylic acids is 2. The Balaban J connectivity index is 1.39. The van der Waals surface area contributed by atoms with Gasteiger partial charge in [0.2, 0.25) is 12.7 Å². The molecule has 2 N–H and O–H groups in total. The molecule has 11 heteroatoms. The number of fused-ring (bicyclic) bond motifs is 9. The molecule has 11 nitrogen and oxygen atoms in total. The molecule has 0 aromatic heterocycles. The zero-order valence-electron chi connectivity index (χ0n) is 27.6. The summed E-state index contributed by atoms with van der Waals surface area (Å²) in [6.07, 6.45) is 4.15. The molecule has 1 fully saturated rings. The molecule has 248 valence electrons. The maximum atomic E-state index is 13.3. The van der Waals surface area contributed by atoms with Gasteiger partial charge in [0, 0.05) is 53.9 Å². The van der Waals surface area contributed by atoms with Gasteiger partial charge in [-0.15, -0.1) is 0 Å². The van der Waals surface area contributed by atoms with E-state index in [1.54, 1.807) is 13.2 Å². The highest BCUT2D eigenvalue weighted by Crippen LogP contribution is 2.58. The standard InChI is InChI=1S/C37H38N4O7/c1-19-13-23-14-25-27(16-38)41-26(32(40(25)4)30(23)33(44)34(19)45-5)15-24-31(37-36(46-18-47-37)20(2)35(24)48-21(3)42)28(41)17-39-29(43)12-11-22-9-7-6-8-10-22/h6-13,25-28,32,44H,14-15,17-18H2,1-5H3,(H,39,43)/b12-11+/t25-,26?,27+,28+,32+/m1/s1. The number of methoxy groups -OCH3 is 1. The average Bonchev–Trinajstić information content (AvgIpc) is 3.56. The van der Waals surface area contributed by atoms with Crippen LogP contribution in [0, 0.1) is 25.2 Å². The van der Waals surface area contributed by atoms with Crippen LogP contribution >= 0.6 is 0 Å². The molecule has 0 saturated carbocycles. The predicted octanol–water partition coefficient (Wildman–Crippen LogP) is 4.27. The van der Waals surface area contributed by atoms with E-state index in [0.29, 0.717) is 41.4 Å². The number of likely N-dealkylation sites (N-methyl/N-ethyl adjacent to an activating group) is 1. The summed E-state index contributed by atoms with van der Waals surface area (Å²) >= 11 is 0. The molecule has 1 unspecified atom stereocenters. The lowest BCUT2D eigenvalue weighted by Gasteiger charge is -2.60. The Hall–Kier alpha value is -5.05. The number of phenols is 1. The number of amides is 1. The van der Waals surface area contributed by atoms with E-state index < -0.39 is 18.1 Å². The van der Waals surface area contributed by atoms with Crippen molar-refractivity contribution < 1.29 is 33.6 Å². The van der Waals surface area contributed by atoms with Gasteiger partial charge in [0.25, 0.3) is 0 Å². The molecule has 3 aromatic carbocycles. The van der Waals surface area contributed by atoms with E-state index in [1.807, 2.05) is 57.3 Å². The maximum absolute atomic E-state index is 13.3. The number of aromatic hydroxyl groups is 1. The van der Waals surface area contributed by atoms with E-state index >= 15 is 0 Å². The van der Waals surface area contributed by atoms with Crippen LogP contribution in [0.15, 0.2) is 42.5 Å². The molecule has 0 radical (unpaired) electrons. The number of benzene rings is 3. The molecular weight excluding hydrogens is 612 g/mol. The lowest BCUT2D eigenvalue weighted by atomic mass is 9.71. The number of aryl methyl sites for hydroxylation is 1. The van der Waals surface area contributed by atoms with Gasteiger partial charge in [0.1, 0.15) is 11.8 Å². The Morgan fingerprint density at radius 3 is 2.56 bits per heavy atom. The normalized spacial score (nSPS) is 23.9. The molecule has 1 amide bonds. The van der Waals surface area contributed by atoms with E-state index in [-0.39, 0.29) is 43.1 Å². The van der Waals surface area contributed by atoms with Crippen LogP contribution in [-0.4, -0.2) is 72.4 Å². The molecule has 0 aliphatic carbocycles. The molecule has 4 aliphatic heterocycles. The van der Waals surface area contributed by atoms with Crippen molar-refractivity contribution in [2.24, 2.45) is 0 Å². The Morgan fingerprint density at radius 2 is 1.85 bits per heavy atom. The number of phenolic OH excluding ortho intramolecular Hbond substituents is 1. The molecule has 3 aromatic rings. The van der Waals surface area contributed by atoms with E-state index in [4.69, 9.17) is 18.9 Å². The van der Waals surface area contributed by atoms with Crippen molar-refractivity contribution in [3.63, 3.8) is 0 Å². The third-order valence-corrected chi connectivity index (χ3v) is 10.2. The van der Waals surface area contributed by atoms with Crippen molar-refractivity contribution in [1.29, 1.82) is 5.26 Å². The first-order chi connectivity index (χ1) is 23.1. The van der Waals surface area contributed by atoms with Crippen molar-refractivity contribution in [1.82, 2.24) is 15.1 Å². The molecule has 4 aliphatic rings. The average molecular weight is 651 g/mol. The number of hydrogen-bond acceptors (Lipinski definition) is 10. The zero-order chi connectivity index (χ0) is 33.9. The van der Waals surface area contributed by atoms with E-state index in [1.165, 1.54) is 13.0 Å². The molecule has 1 saturated heterocycles. The monoisotopic (exact) mass is 650 g/mol. The Kier molecular flexibility index (Phi) is 8.01. The van der Waals surface area contributed by atoms with Crippen molar-refractivity contribution in [2.75, 3.05) is 27.5 Å². The first-order valence-corrected chi connectivity index (χ1v) is 16.1. The van der Waals surface area contributed by atoms with Crippen molar-refractivity contribution >= 4 is 18.0 Å². The summed E-state index contributed by atoms with van der Waals surface area (Å²) < 4.78 is 23.5. The second-order valence-corrected chi connectivity index (χ2v) is 12.8. The van der Waals surface area contributed by atoms with E-state index in [2.05, 4.69) is 21.2 Å². The van der Waals surface area contributed by atoms with Gasteiger partial charge in [0.15, 0.2) is 23.0 Å². The molecule has 7 rings (SSSR count). The lowest BCUT2D eigenvalue weighted by molar-refractivity contribution is -0.132. The number of nitriles is 1. The number of ether oxygens (including phenoxy) is 4. The summed E-state index contributed by atoms with van der Waals surface area (Å²) in [5.41, 5.74) is 5.56. The maximum Gasteiger partial charge on any atom is 0.308 e. The smallest absolute Gasteiger partial charge is 0.308 e. The van der Waals surface area contributed by atoms with Crippen molar-refractivity contribution in [2.45, 2.75) is 63.8 Å². The highest BCUT2D eigenvalue weighted by molar-refractivity contribution is 5.91. The van der Waals surface area contributed by atoms with E-state index in [0.717, 1.165) is 33.4 Å². The number of esters is 1. The van der Waals surface area contributed by atoms with Crippen LogP contribution in [-0.2, 0) is 22.4 Å². The summed E-state index contributed by atoms with van der Waals surface area (Å²) in [5, 5.41) is 25.6. The molecule has 48 heavy (non-hydrogen) atoms. The molecule has 5 atom stereocenters. The highest BCUT2D eigenvalue weighted by Gasteiger charge is 2.56. The van der Waals surface area contributed by atoms with Gasteiger partial charge >= 0.3 is 5.97 Å². The minimum atomic E-state index is -0.583. The minimum absolute atomic E-state index is 0.00941. The number of nitrogens with zero attached hydrogens (tertiary/aromatic N) is 3. The highest BCUT2D eigenvalue weighted by atomic mass is 16.7. The Bertz CT molecular complexity index is 1890. The van der Waals surface area contributed by atoms with Crippen LogP contribution in [0.25, 0.3) is 6.08 Å². The fraction of sp³-hybridized carbons (Fsp3) is 0.378. The van der Waals surface area contributed by atoms with Crippen molar-refractivity contribution in [3.05, 3.63) is 81.4 Å². The molecule has 2 bridgehead atoms. The summed E-state index contributed by atoms with van der Waals surface area (Å²) in [5.74, 6) is 1.12. The first kappa shape index (κ1) is 31.5. The van der Waals surface area contributed by atoms with Crippen LogP contribution < -0.4 is 24.3 Å². The van der Waals surface area contributed by atoms with Crippen LogP contribution in [0.4, 0.5) is 0 Å². The van der Waals surface area contributed by atoms with Gasteiger partial charge < -0.3 is 29.4 Å². The Labute approximate surface area is 279 Å². The first-order valence-electron chi connectivity index (χ1n) is 16.1.